The van der Waals surface area contributed by atoms with Crippen molar-refractivity contribution in [3.8, 4) is 5.75 Å². The molecule has 2 aliphatic rings. The van der Waals surface area contributed by atoms with Crippen LogP contribution in [0.2, 0.25) is 0 Å². The summed E-state index contributed by atoms with van der Waals surface area (Å²) in [6.07, 6.45) is -3.40. The molecule has 0 unspecified atom stereocenters. The van der Waals surface area contributed by atoms with Crippen molar-refractivity contribution in [2.45, 2.75) is 30.7 Å². The van der Waals surface area contributed by atoms with Gasteiger partial charge in [0.15, 0.2) is 11.6 Å². The first-order chi connectivity index (χ1) is 18.5. The molecular weight excluding hydrogens is 525 g/mol. The summed E-state index contributed by atoms with van der Waals surface area (Å²) in [6.45, 7) is 0.329. The molecular formula is C27H22F5N3O4. The number of halogens is 5. The monoisotopic (exact) mass is 547 g/mol. The Bertz CT molecular complexity index is 1420. The van der Waals surface area contributed by atoms with E-state index in [0.717, 1.165) is 18.2 Å². The van der Waals surface area contributed by atoms with E-state index in [9.17, 15) is 31.5 Å². The van der Waals surface area contributed by atoms with Crippen LogP contribution in [0.25, 0.3) is 0 Å². The molecule has 0 radical (unpaired) electrons. The number of pyridine rings is 1. The second-order valence-electron chi connectivity index (χ2n) is 9.42. The smallest absolute Gasteiger partial charge is 0.417 e. The van der Waals surface area contributed by atoms with Crippen LogP contribution in [0.4, 0.5) is 27.8 Å². The third-order valence-electron chi connectivity index (χ3n) is 6.74. The number of carbonyl (C=O) groups excluding carboxylic acids is 2. The van der Waals surface area contributed by atoms with E-state index in [1.807, 2.05) is 0 Å². The number of alkyl halides is 3. The van der Waals surface area contributed by atoms with Crippen LogP contribution in [0.3, 0.4) is 0 Å². The first-order valence-corrected chi connectivity index (χ1v) is 11.9. The van der Waals surface area contributed by atoms with Gasteiger partial charge >= 0.3 is 12.1 Å². The van der Waals surface area contributed by atoms with Crippen LogP contribution >= 0.6 is 0 Å². The maximum absolute atomic E-state index is 13.5. The number of rotatable bonds is 7. The molecule has 0 bridgehead atoms. The van der Waals surface area contributed by atoms with E-state index in [4.69, 9.17) is 4.74 Å². The molecule has 204 valence electrons. The zero-order chi connectivity index (χ0) is 27.9. The minimum absolute atomic E-state index is 0.0440. The Morgan fingerprint density at radius 2 is 1.72 bits per heavy atom. The molecule has 12 heteroatoms. The van der Waals surface area contributed by atoms with Crippen molar-refractivity contribution in [1.82, 2.24) is 10.3 Å². The van der Waals surface area contributed by atoms with Gasteiger partial charge in [0.05, 0.1) is 42.4 Å². The van der Waals surface area contributed by atoms with Gasteiger partial charge in [-0.1, -0.05) is 12.1 Å². The summed E-state index contributed by atoms with van der Waals surface area (Å²) >= 11 is 0. The normalized spacial score (nSPS) is 16.3. The summed E-state index contributed by atoms with van der Waals surface area (Å²) < 4.78 is 77.3. The highest BCUT2D eigenvalue weighted by atomic mass is 19.4. The van der Waals surface area contributed by atoms with Crippen LogP contribution in [0.1, 0.15) is 44.7 Å². The fraction of sp³-hybridized carbons (Fsp3) is 0.296. The number of amides is 1. The predicted octanol–water partition coefficient (Wildman–Crippen LogP) is 4.85. The third-order valence-corrected chi connectivity index (χ3v) is 6.74. The SMILES string of the molecule is COC(=O)c1ccc(C2(NC(=O)c3cc(C(F)(F)F)cnc3N3CC(Oc4ccc(F)c(F)c4)C3)CC2)cc1. The van der Waals surface area contributed by atoms with Crippen LogP contribution in [-0.2, 0) is 16.5 Å². The molecule has 0 spiro atoms. The molecule has 5 rings (SSSR count). The molecule has 1 amide bonds. The van der Waals surface area contributed by atoms with Crippen molar-refractivity contribution in [3.05, 3.63) is 88.6 Å². The number of carbonyl (C=O) groups is 2. The Morgan fingerprint density at radius 1 is 1.03 bits per heavy atom. The van der Waals surface area contributed by atoms with Gasteiger partial charge in [0.2, 0.25) is 0 Å². The zero-order valence-electron chi connectivity index (χ0n) is 20.5. The fourth-order valence-electron chi connectivity index (χ4n) is 4.40. The van der Waals surface area contributed by atoms with Crippen LogP contribution in [0, 0.1) is 11.6 Å². The number of nitrogens with zero attached hydrogens (tertiary/aromatic N) is 2. The number of hydrogen-bond donors (Lipinski definition) is 1. The number of nitrogens with one attached hydrogen (secondary N) is 1. The molecule has 1 saturated heterocycles. The van der Waals surface area contributed by atoms with Crippen LogP contribution < -0.4 is 15.0 Å². The van der Waals surface area contributed by atoms with Crippen molar-refractivity contribution in [3.63, 3.8) is 0 Å². The molecule has 0 atom stereocenters. The largest absolute Gasteiger partial charge is 0.487 e. The molecule has 3 aromatic rings. The lowest BCUT2D eigenvalue weighted by Crippen LogP contribution is -2.55. The summed E-state index contributed by atoms with van der Waals surface area (Å²) in [5.74, 6) is -3.19. The first-order valence-electron chi connectivity index (χ1n) is 11.9. The molecule has 2 heterocycles. The van der Waals surface area contributed by atoms with Crippen LogP contribution in [0.5, 0.6) is 5.75 Å². The van der Waals surface area contributed by atoms with Gasteiger partial charge in [-0.2, -0.15) is 13.2 Å². The quantitative estimate of drug-likeness (QED) is 0.337. The average Bonchev–Trinajstić information content (AvgIpc) is 3.67. The van der Waals surface area contributed by atoms with Crippen LogP contribution in [-0.4, -0.2) is 43.2 Å². The Hall–Kier alpha value is -4.22. The number of aromatic nitrogens is 1. The topological polar surface area (TPSA) is 80.8 Å². The van der Waals surface area contributed by atoms with Crippen molar-refractivity contribution in [2.75, 3.05) is 25.1 Å². The molecule has 1 aliphatic heterocycles. The molecule has 1 aliphatic carbocycles. The van der Waals surface area contributed by atoms with Crippen molar-refractivity contribution in [2.24, 2.45) is 0 Å². The average molecular weight is 547 g/mol. The minimum Gasteiger partial charge on any atom is -0.487 e. The Kier molecular flexibility index (Phi) is 6.65. The van der Waals surface area contributed by atoms with Gasteiger partial charge in [-0.3, -0.25) is 4.79 Å². The number of ether oxygens (including phenoxy) is 2. The number of esters is 1. The first kappa shape index (κ1) is 26.4. The summed E-state index contributed by atoms with van der Waals surface area (Å²) in [6, 6.07) is 10.3. The summed E-state index contributed by atoms with van der Waals surface area (Å²) in [4.78, 5) is 30.6. The molecule has 1 saturated carbocycles. The number of hydrogen-bond acceptors (Lipinski definition) is 6. The lowest BCUT2D eigenvalue weighted by molar-refractivity contribution is -0.137. The van der Waals surface area contributed by atoms with Gasteiger partial charge in [0.1, 0.15) is 17.7 Å². The third kappa shape index (κ3) is 5.36. The maximum atomic E-state index is 13.5. The zero-order valence-corrected chi connectivity index (χ0v) is 20.5. The van der Waals surface area contributed by atoms with Crippen LogP contribution in [0.15, 0.2) is 54.7 Å². The Morgan fingerprint density at radius 3 is 2.31 bits per heavy atom. The fourth-order valence-corrected chi connectivity index (χ4v) is 4.40. The van der Waals surface area contributed by atoms with Crippen molar-refractivity contribution >= 4 is 17.7 Å². The Labute approximate surface area is 219 Å². The molecule has 39 heavy (non-hydrogen) atoms. The van der Waals surface area contributed by atoms with E-state index < -0.39 is 46.9 Å². The maximum Gasteiger partial charge on any atom is 0.417 e. The standard InChI is InChI=1S/C27H22F5N3O4/c1-38-25(37)15-2-4-16(5-3-15)26(8-9-26)34-24(36)20-10-17(27(30,31)32)12-33-23(20)35-13-19(14-35)39-18-6-7-21(28)22(29)11-18/h2-7,10-12,19H,8-9,13-14H2,1H3,(H,34,36). The van der Waals surface area contributed by atoms with E-state index in [0.29, 0.717) is 30.2 Å². The number of benzene rings is 2. The lowest BCUT2D eigenvalue weighted by atomic mass is 10.0. The van der Waals surface area contributed by atoms with E-state index in [1.165, 1.54) is 13.2 Å². The van der Waals surface area contributed by atoms with Gasteiger partial charge in [0.25, 0.3) is 5.91 Å². The summed E-state index contributed by atoms with van der Waals surface area (Å²) in [5.41, 5.74) is -1.09. The highest BCUT2D eigenvalue weighted by molar-refractivity contribution is 6.00. The Balaban J connectivity index is 1.34. The lowest BCUT2D eigenvalue weighted by Gasteiger charge is -2.40. The highest BCUT2D eigenvalue weighted by Crippen LogP contribution is 2.46. The molecule has 7 nitrogen and oxygen atoms in total. The van der Waals surface area contributed by atoms with E-state index in [-0.39, 0.29) is 30.2 Å². The number of anilines is 1. The van der Waals surface area contributed by atoms with E-state index in [1.54, 1.807) is 29.2 Å². The summed E-state index contributed by atoms with van der Waals surface area (Å²) in [7, 11) is 1.26. The molecule has 1 N–H and O–H groups in total. The molecule has 2 aromatic carbocycles. The molecule has 1 aromatic heterocycles. The van der Waals surface area contributed by atoms with Crippen molar-refractivity contribution in [1.29, 1.82) is 0 Å². The minimum atomic E-state index is -4.71. The van der Waals surface area contributed by atoms with Gasteiger partial charge in [-0.25, -0.2) is 18.6 Å². The second kappa shape index (κ2) is 9.83. The van der Waals surface area contributed by atoms with Crippen molar-refractivity contribution < 1.29 is 41.0 Å². The van der Waals surface area contributed by atoms with Gasteiger partial charge in [-0.05, 0) is 48.7 Å². The summed E-state index contributed by atoms with van der Waals surface area (Å²) in [5, 5.41) is 2.85. The van der Waals surface area contributed by atoms with E-state index >= 15 is 0 Å². The van der Waals surface area contributed by atoms with Gasteiger partial charge in [-0.15, -0.1) is 0 Å². The van der Waals surface area contributed by atoms with Gasteiger partial charge in [0, 0.05) is 12.3 Å². The van der Waals surface area contributed by atoms with E-state index in [2.05, 4.69) is 15.0 Å². The van der Waals surface area contributed by atoms with Gasteiger partial charge < -0.3 is 19.7 Å². The predicted molar refractivity (Wildman–Crippen MR) is 128 cm³/mol. The number of methoxy groups -OCH3 is 1. The second-order valence-corrected chi connectivity index (χ2v) is 9.42. The molecule has 2 fully saturated rings. The highest BCUT2D eigenvalue weighted by Gasteiger charge is 2.47.